The van der Waals surface area contributed by atoms with Crippen molar-refractivity contribution in [3.63, 3.8) is 0 Å². The average Bonchev–Trinajstić information content (AvgIpc) is 3.23. The van der Waals surface area contributed by atoms with Crippen molar-refractivity contribution in [1.82, 2.24) is 29.6 Å². The van der Waals surface area contributed by atoms with Gasteiger partial charge in [0.2, 0.25) is 5.82 Å². The summed E-state index contributed by atoms with van der Waals surface area (Å²) >= 11 is 0. The van der Waals surface area contributed by atoms with E-state index in [1.165, 1.54) is 16.8 Å². The van der Waals surface area contributed by atoms with E-state index in [2.05, 4.69) is 20.4 Å². The molecule has 30 heavy (non-hydrogen) atoms. The van der Waals surface area contributed by atoms with Crippen LogP contribution in [-0.4, -0.2) is 41.7 Å². The standard InChI is InChI=1S/C17H11F7N6/c1-8-7-9(2)29(27-8)13-11-6-4-3-5-10(11)12-25-26-14(30(12)28-13)15(18,19)16(20,21)17(22,23)24/h3-7H,1-2H3. The lowest BCUT2D eigenvalue weighted by atomic mass is 10.1. The Morgan fingerprint density at radius 1 is 0.833 bits per heavy atom. The molecule has 4 rings (SSSR count). The molecule has 0 aliphatic carbocycles. The first-order valence-electron chi connectivity index (χ1n) is 8.37. The summed E-state index contributed by atoms with van der Waals surface area (Å²) < 4.78 is 95.3. The SMILES string of the molecule is Cc1cc(C)n(-c2nn3c(C(F)(F)C(F)(F)C(F)(F)F)nnc3c3ccccc23)n1. The number of aromatic nitrogens is 6. The predicted octanol–water partition coefficient (Wildman–Crippen LogP) is 4.37. The van der Waals surface area contributed by atoms with Crippen molar-refractivity contribution in [3.05, 3.63) is 47.5 Å². The van der Waals surface area contributed by atoms with Crippen molar-refractivity contribution in [2.45, 2.75) is 31.9 Å². The number of alkyl halides is 7. The molecule has 158 valence electrons. The van der Waals surface area contributed by atoms with Crippen LogP contribution in [0.2, 0.25) is 0 Å². The molecule has 1 aromatic carbocycles. The number of hydrogen-bond donors (Lipinski definition) is 0. The van der Waals surface area contributed by atoms with Gasteiger partial charge in [0, 0.05) is 16.5 Å². The molecule has 0 fully saturated rings. The van der Waals surface area contributed by atoms with Crippen molar-refractivity contribution in [2.24, 2.45) is 0 Å². The molecule has 0 aliphatic heterocycles. The molecule has 3 aromatic heterocycles. The molecule has 0 atom stereocenters. The van der Waals surface area contributed by atoms with Gasteiger partial charge in [0.25, 0.3) is 0 Å². The van der Waals surface area contributed by atoms with Gasteiger partial charge in [-0.15, -0.1) is 15.3 Å². The number of aryl methyl sites for hydroxylation is 2. The highest BCUT2D eigenvalue weighted by atomic mass is 19.4. The first-order chi connectivity index (χ1) is 13.9. The summed E-state index contributed by atoms with van der Waals surface area (Å²) in [7, 11) is 0. The maximum Gasteiger partial charge on any atom is 0.460 e. The van der Waals surface area contributed by atoms with E-state index in [-0.39, 0.29) is 15.7 Å². The summed E-state index contributed by atoms with van der Waals surface area (Å²) in [4.78, 5) is 0. The Labute approximate surface area is 162 Å². The van der Waals surface area contributed by atoms with E-state index in [4.69, 9.17) is 0 Å². The molecule has 0 unspecified atom stereocenters. The lowest BCUT2D eigenvalue weighted by molar-refractivity contribution is -0.361. The minimum Gasteiger partial charge on any atom is -0.217 e. The largest absolute Gasteiger partial charge is 0.460 e. The molecule has 13 heteroatoms. The minimum absolute atomic E-state index is 0.0594. The molecule has 6 nitrogen and oxygen atoms in total. The molecule has 0 N–H and O–H groups in total. The monoisotopic (exact) mass is 432 g/mol. The predicted molar refractivity (Wildman–Crippen MR) is 89.8 cm³/mol. The van der Waals surface area contributed by atoms with E-state index in [0.29, 0.717) is 16.8 Å². The first-order valence-corrected chi connectivity index (χ1v) is 8.37. The van der Waals surface area contributed by atoms with Crippen LogP contribution in [0.3, 0.4) is 0 Å². The van der Waals surface area contributed by atoms with E-state index in [0.717, 1.165) is 0 Å². The number of fused-ring (bicyclic) bond motifs is 3. The van der Waals surface area contributed by atoms with E-state index in [1.54, 1.807) is 32.0 Å². The van der Waals surface area contributed by atoms with Gasteiger partial charge in [-0.05, 0) is 19.9 Å². The van der Waals surface area contributed by atoms with Crippen molar-refractivity contribution in [3.8, 4) is 5.82 Å². The molecule has 0 amide bonds. The summed E-state index contributed by atoms with van der Waals surface area (Å²) in [5.74, 6) is -14.1. The second-order valence-electron chi connectivity index (χ2n) is 6.61. The van der Waals surface area contributed by atoms with Crippen LogP contribution >= 0.6 is 0 Å². The Morgan fingerprint density at radius 3 is 2.03 bits per heavy atom. The fourth-order valence-corrected chi connectivity index (χ4v) is 3.08. The van der Waals surface area contributed by atoms with Crippen LogP contribution in [-0.2, 0) is 5.92 Å². The van der Waals surface area contributed by atoms with Gasteiger partial charge in [-0.3, -0.25) is 0 Å². The number of benzene rings is 1. The molecule has 0 saturated heterocycles. The molecular weight excluding hydrogens is 421 g/mol. The maximum absolute atomic E-state index is 14.4. The average molecular weight is 432 g/mol. The summed E-state index contributed by atoms with van der Waals surface area (Å²) in [6, 6.07) is 7.77. The van der Waals surface area contributed by atoms with Crippen LogP contribution in [0, 0.1) is 13.8 Å². The Hall–Kier alpha value is -3.25. The Kier molecular flexibility index (Phi) is 4.09. The number of hydrogen-bond acceptors (Lipinski definition) is 4. The molecule has 0 aliphatic rings. The highest BCUT2D eigenvalue weighted by Crippen LogP contribution is 2.51. The normalized spacial score (nSPS) is 13.5. The lowest BCUT2D eigenvalue weighted by Gasteiger charge is -2.26. The van der Waals surface area contributed by atoms with Crippen molar-refractivity contribution < 1.29 is 30.7 Å². The van der Waals surface area contributed by atoms with E-state index >= 15 is 0 Å². The zero-order valence-electron chi connectivity index (χ0n) is 15.2. The third-order valence-electron chi connectivity index (χ3n) is 4.49. The van der Waals surface area contributed by atoms with Gasteiger partial charge < -0.3 is 0 Å². The van der Waals surface area contributed by atoms with Crippen LogP contribution < -0.4 is 0 Å². The maximum atomic E-state index is 14.4. The fraction of sp³-hybridized carbons (Fsp3) is 0.294. The third kappa shape index (κ3) is 2.64. The number of nitrogens with zero attached hydrogens (tertiary/aromatic N) is 6. The smallest absolute Gasteiger partial charge is 0.217 e. The van der Waals surface area contributed by atoms with Gasteiger partial charge >= 0.3 is 18.0 Å². The zero-order chi connectivity index (χ0) is 22.1. The van der Waals surface area contributed by atoms with Crippen LogP contribution in [0.25, 0.3) is 22.2 Å². The van der Waals surface area contributed by atoms with Crippen LogP contribution in [0.5, 0.6) is 0 Å². The van der Waals surface area contributed by atoms with Gasteiger partial charge in [0.15, 0.2) is 11.5 Å². The third-order valence-corrected chi connectivity index (χ3v) is 4.49. The topological polar surface area (TPSA) is 60.9 Å². The van der Waals surface area contributed by atoms with Crippen LogP contribution in [0.4, 0.5) is 30.7 Å². The number of rotatable bonds is 3. The second-order valence-corrected chi connectivity index (χ2v) is 6.61. The van der Waals surface area contributed by atoms with Crippen molar-refractivity contribution in [2.75, 3.05) is 0 Å². The summed E-state index contributed by atoms with van der Waals surface area (Å²) in [6.07, 6.45) is -6.52. The Morgan fingerprint density at radius 2 is 1.47 bits per heavy atom. The van der Waals surface area contributed by atoms with Gasteiger partial charge in [-0.25, -0.2) is 4.68 Å². The minimum atomic E-state index is -6.52. The van der Waals surface area contributed by atoms with Gasteiger partial charge in [0.1, 0.15) is 0 Å². The van der Waals surface area contributed by atoms with E-state index < -0.39 is 29.5 Å². The second kappa shape index (κ2) is 6.12. The molecule has 3 heterocycles. The fourth-order valence-electron chi connectivity index (χ4n) is 3.08. The summed E-state index contributed by atoms with van der Waals surface area (Å²) in [5.41, 5.74) is 0.687. The Balaban J connectivity index is 2.08. The molecule has 4 aromatic rings. The molecule has 0 saturated carbocycles. The summed E-state index contributed by atoms with van der Waals surface area (Å²) in [5, 5.41) is 15.0. The Bertz CT molecular complexity index is 1270. The molecular formula is C17H11F7N6. The lowest BCUT2D eigenvalue weighted by Crippen LogP contribution is -2.51. The van der Waals surface area contributed by atoms with Gasteiger partial charge in [-0.1, -0.05) is 24.3 Å². The number of halogens is 7. The van der Waals surface area contributed by atoms with Gasteiger partial charge in [-0.2, -0.15) is 40.3 Å². The van der Waals surface area contributed by atoms with Crippen LogP contribution in [0.1, 0.15) is 17.2 Å². The van der Waals surface area contributed by atoms with E-state index in [9.17, 15) is 30.7 Å². The van der Waals surface area contributed by atoms with Gasteiger partial charge in [0.05, 0.1) is 5.69 Å². The van der Waals surface area contributed by atoms with E-state index in [1.807, 2.05) is 0 Å². The zero-order valence-corrected chi connectivity index (χ0v) is 15.2. The molecule has 0 radical (unpaired) electrons. The van der Waals surface area contributed by atoms with Crippen LogP contribution in [0.15, 0.2) is 30.3 Å². The quantitative estimate of drug-likeness (QED) is 0.451. The van der Waals surface area contributed by atoms with Crippen molar-refractivity contribution in [1.29, 1.82) is 0 Å². The van der Waals surface area contributed by atoms with Crippen molar-refractivity contribution >= 4 is 16.4 Å². The molecule has 0 bridgehead atoms. The molecule has 0 spiro atoms. The highest BCUT2D eigenvalue weighted by Gasteiger charge is 2.75. The first kappa shape index (κ1) is 20.0. The highest BCUT2D eigenvalue weighted by molar-refractivity contribution is 5.97. The summed E-state index contributed by atoms with van der Waals surface area (Å²) in [6.45, 7) is 3.30.